The first-order valence-corrected chi connectivity index (χ1v) is 11.0. The number of amides is 1. The Hall–Kier alpha value is -3.67. The molecule has 1 fully saturated rings. The van der Waals surface area contributed by atoms with E-state index in [0.717, 1.165) is 54.2 Å². The maximum Gasteiger partial charge on any atom is 0.272 e. The molecule has 2 aromatic heterocycles. The van der Waals surface area contributed by atoms with E-state index >= 15 is 0 Å². The highest BCUT2D eigenvalue weighted by molar-refractivity contribution is 5.94. The van der Waals surface area contributed by atoms with E-state index in [4.69, 9.17) is 14.8 Å². The highest BCUT2D eigenvalue weighted by Crippen LogP contribution is 2.28. The number of carbonyl (C=O) groups excluding carboxylic acids is 1. The first-order valence-electron chi connectivity index (χ1n) is 11.0. The van der Waals surface area contributed by atoms with Crippen molar-refractivity contribution < 1.29 is 9.53 Å². The molecule has 0 atom stereocenters. The summed E-state index contributed by atoms with van der Waals surface area (Å²) in [6.07, 6.45) is 2.06. The summed E-state index contributed by atoms with van der Waals surface area (Å²) >= 11 is 0. The fourth-order valence-electron chi connectivity index (χ4n) is 4.20. The third-order valence-electron chi connectivity index (χ3n) is 6.15. The van der Waals surface area contributed by atoms with E-state index in [1.807, 2.05) is 76.1 Å². The van der Waals surface area contributed by atoms with Crippen molar-refractivity contribution in [2.75, 3.05) is 20.2 Å². The van der Waals surface area contributed by atoms with E-state index in [0.29, 0.717) is 17.3 Å². The number of hydrogen-bond donors (Lipinski definition) is 0. The number of fused-ring (bicyclic) bond motifs is 1. The molecule has 0 radical (unpaired) electrons. The van der Waals surface area contributed by atoms with Gasteiger partial charge in [0, 0.05) is 30.3 Å². The maximum absolute atomic E-state index is 13.3. The van der Waals surface area contributed by atoms with E-state index in [-0.39, 0.29) is 5.91 Å². The molecule has 2 aromatic carbocycles. The van der Waals surface area contributed by atoms with Gasteiger partial charge in [-0.05, 0) is 37.0 Å². The van der Waals surface area contributed by atoms with Gasteiger partial charge >= 0.3 is 0 Å². The Labute approximate surface area is 187 Å². The number of benzene rings is 2. The van der Waals surface area contributed by atoms with E-state index in [1.54, 1.807) is 7.11 Å². The quantitative estimate of drug-likeness (QED) is 0.464. The molecule has 162 valence electrons. The van der Waals surface area contributed by atoms with E-state index < -0.39 is 0 Å². The van der Waals surface area contributed by atoms with Crippen LogP contribution in [0.25, 0.3) is 28.2 Å². The Morgan fingerprint density at radius 2 is 1.72 bits per heavy atom. The second-order valence-electron chi connectivity index (χ2n) is 8.40. The number of carbonyl (C=O) groups is 1. The number of methoxy groups -OCH3 is 1. The molecule has 6 nitrogen and oxygen atoms in total. The van der Waals surface area contributed by atoms with Gasteiger partial charge in [0.05, 0.1) is 18.5 Å². The third-order valence-corrected chi connectivity index (χ3v) is 6.15. The van der Waals surface area contributed by atoms with Crippen LogP contribution in [-0.2, 0) is 0 Å². The molecule has 0 unspecified atom stereocenters. The highest BCUT2D eigenvalue weighted by atomic mass is 16.5. The number of aromatic nitrogens is 3. The Morgan fingerprint density at radius 3 is 2.47 bits per heavy atom. The van der Waals surface area contributed by atoms with E-state index in [9.17, 15) is 4.79 Å². The van der Waals surface area contributed by atoms with Gasteiger partial charge in [0.1, 0.15) is 11.4 Å². The molecule has 0 N–H and O–H groups in total. The summed E-state index contributed by atoms with van der Waals surface area (Å²) in [6, 6.07) is 21.6. The molecular formula is C26H26N4O2. The molecule has 32 heavy (non-hydrogen) atoms. The van der Waals surface area contributed by atoms with Crippen molar-refractivity contribution in [3.05, 3.63) is 72.4 Å². The lowest BCUT2D eigenvalue weighted by Crippen LogP contribution is -2.38. The van der Waals surface area contributed by atoms with Crippen molar-refractivity contribution in [1.29, 1.82) is 0 Å². The second-order valence-corrected chi connectivity index (χ2v) is 8.40. The zero-order valence-corrected chi connectivity index (χ0v) is 18.4. The van der Waals surface area contributed by atoms with Crippen molar-refractivity contribution in [1.82, 2.24) is 19.5 Å². The van der Waals surface area contributed by atoms with Crippen LogP contribution in [0, 0.1) is 5.92 Å². The predicted octanol–water partition coefficient (Wildman–Crippen LogP) is 4.94. The van der Waals surface area contributed by atoms with Crippen molar-refractivity contribution in [3.63, 3.8) is 0 Å². The summed E-state index contributed by atoms with van der Waals surface area (Å²) < 4.78 is 7.24. The lowest BCUT2D eigenvalue weighted by Gasteiger charge is -2.30. The van der Waals surface area contributed by atoms with Crippen LogP contribution in [0.5, 0.6) is 5.75 Å². The van der Waals surface area contributed by atoms with Crippen molar-refractivity contribution >= 4 is 11.6 Å². The lowest BCUT2D eigenvalue weighted by molar-refractivity contribution is 0.0691. The van der Waals surface area contributed by atoms with Crippen LogP contribution in [0.15, 0.2) is 66.7 Å². The van der Waals surface area contributed by atoms with Crippen molar-refractivity contribution in [2.24, 2.45) is 5.92 Å². The molecule has 5 rings (SSSR count). The SMILES string of the molecule is COc1cccc(-c2cc(C(=O)N3CCC(C)CC3)nc3cc(-c4ccccc4)nn23)c1. The molecule has 1 saturated heterocycles. The zero-order chi connectivity index (χ0) is 22.1. The topological polar surface area (TPSA) is 59.7 Å². The van der Waals surface area contributed by atoms with E-state index in [1.165, 1.54) is 0 Å². The molecule has 4 aromatic rings. The van der Waals surface area contributed by atoms with Gasteiger partial charge < -0.3 is 9.64 Å². The molecule has 0 spiro atoms. The number of piperidine rings is 1. The molecular weight excluding hydrogens is 400 g/mol. The molecule has 1 aliphatic heterocycles. The summed E-state index contributed by atoms with van der Waals surface area (Å²) in [7, 11) is 1.65. The Bertz CT molecular complexity index is 1260. The Balaban J connectivity index is 1.64. The van der Waals surface area contributed by atoms with Crippen LogP contribution < -0.4 is 4.74 Å². The first kappa shape index (κ1) is 20.2. The van der Waals surface area contributed by atoms with Gasteiger partial charge in [0.2, 0.25) is 0 Å². The zero-order valence-electron chi connectivity index (χ0n) is 18.4. The number of likely N-dealkylation sites (tertiary alicyclic amines) is 1. The number of nitrogens with zero attached hydrogens (tertiary/aromatic N) is 4. The van der Waals surface area contributed by atoms with Gasteiger partial charge in [-0.25, -0.2) is 9.50 Å². The summed E-state index contributed by atoms with van der Waals surface area (Å²) in [5.74, 6) is 1.39. The second kappa shape index (κ2) is 8.46. The average molecular weight is 427 g/mol. The molecule has 0 saturated carbocycles. The normalized spacial score (nSPS) is 14.6. The summed E-state index contributed by atoms with van der Waals surface area (Å²) in [4.78, 5) is 20.0. The number of ether oxygens (including phenoxy) is 1. The van der Waals surface area contributed by atoms with Crippen LogP contribution in [0.2, 0.25) is 0 Å². The minimum atomic E-state index is -0.0222. The summed E-state index contributed by atoms with van der Waals surface area (Å²) in [5, 5.41) is 4.83. The van der Waals surface area contributed by atoms with Crippen LogP contribution in [0.3, 0.4) is 0 Å². The molecule has 0 aliphatic carbocycles. The maximum atomic E-state index is 13.3. The van der Waals surface area contributed by atoms with Gasteiger partial charge in [-0.1, -0.05) is 49.4 Å². The fourth-order valence-corrected chi connectivity index (χ4v) is 4.20. The van der Waals surface area contributed by atoms with Crippen molar-refractivity contribution in [2.45, 2.75) is 19.8 Å². The Morgan fingerprint density at radius 1 is 0.969 bits per heavy atom. The van der Waals surface area contributed by atoms with Gasteiger partial charge in [0.15, 0.2) is 5.65 Å². The van der Waals surface area contributed by atoms with Crippen LogP contribution in [-0.4, -0.2) is 45.6 Å². The number of hydrogen-bond acceptors (Lipinski definition) is 4. The fraction of sp³-hybridized carbons (Fsp3) is 0.269. The van der Waals surface area contributed by atoms with Crippen LogP contribution in [0.4, 0.5) is 0 Å². The standard InChI is InChI=1S/C26H26N4O2/c1-18-11-13-29(14-12-18)26(31)23-16-24(20-9-6-10-21(15-20)32-2)30-25(27-23)17-22(28-30)19-7-4-3-5-8-19/h3-10,15-18H,11-14H2,1-2H3. The molecule has 0 bridgehead atoms. The molecule has 1 aliphatic rings. The molecule has 3 heterocycles. The summed E-state index contributed by atoms with van der Waals surface area (Å²) in [6.45, 7) is 3.79. The molecule has 1 amide bonds. The van der Waals surface area contributed by atoms with Gasteiger partial charge in [-0.2, -0.15) is 5.10 Å². The first-order chi connectivity index (χ1) is 15.6. The van der Waals surface area contributed by atoms with Crippen molar-refractivity contribution in [3.8, 4) is 28.3 Å². The minimum absolute atomic E-state index is 0.0222. The highest BCUT2D eigenvalue weighted by Gasteiger charge is 2.24. The predicted molar refractivity (Wildman–Crippen MR) is 125 cm³/mol. The summed E-state index contributed by atoms with van der Waals surface area (Å²) in [5.41, 5.74) is 4.65. The van der Waals surface area contributed by atoms with Gasteiger partial charge in [0.25, 0.3) is 5.91 Å². The number of rotatable bonds is 4. The minimum Gasteiger partial charge on any atom is -0.497 e. The average Bonchev–Trinajstić information content (AvgIpc) is 3.28. The monoisotopic (exact) mass is 426 g/mol. The largest absolute Gasteiger partial charge is 0.497 e. The van der Waals surface area contributed by atoms with Crippen LogP contribution in [0.1, 0.15) is 30.3 Å². The van der Waals surface area contributed by atoms with E-state index in [2.05, 4.69) is 6.92 Å². The van der Waals surface area contributed by atoms with Gasteiger partial charge in [-0.3, -0.25) is 4.79 Å². The Kier molecular flexibility index (Phi) is 5.35. The van der Waals surface area contributed by atoms with Crippen LogP contribution >= 0.6 is 0 Å². The third kappa shape index (κ3) is 3.84. The van der Waals surface area contributed by atoms with Gasteiger partial charge in [-0.15, -0.1) is 0 Å². The smallest absolute Gasteiger partial charge is 0.272 e. The molecule has 6 heteroatoms. The lowest BCUT2D eigenvalue weighted by atomic mass is 9.99.